The van der Waals surface area contributed by atoms with E-state index in [0.717, 1.165) is 11.1 Å². The molecule has 0 radical (unpaired) electrons. The zero-order chi connectivity index (χ0) is 15.6. The van der Waals surface area contributed by atoms with Gasteiger partial charge in [0.15, 0.2) is 6.29 Å². The Kier molecular flexibility index (Phi) is 4.07. The van der Waals surface area contributed by atoms with Crippen molar-refractivity contribution in [1.82, 2.24) is 9.78 Å². The van der Waals surface area contributed by atoms with Gasteiger partial charge >= 0.3 is 5.97 Å². The van der Waals surface area contributed by atoms with Crippen LogP contribution in [0.4, 0.5) is 5.82 Å². The number of benzene rings is 1. The van der Waals surface area contributed by atoms with Crippen LogP contribution in [-0.4, -0.2) is 29.1 Å². The van der Waals surface area contributed by atoms with Crippen LogP contribution in [0.25, 0.3) is 11.3 Å². The van der Waals surface area contributed by atoms with Crippen molar-refractivity contribution in [3.05, 3.63) is 35.4 Å². The zero-order valence-electron chi connectivity index (χ0n) is 12.2. The summed E-state index contributed by atoms with van der Waals surface area (Å²) in [6.07, 6.45) is 0.651. The van der Waals surface area contributed by atoms with Gasteiger partial charge in [0.25, 0.3) is 0 Å². The molecule has 2 N–H and O–H groups in total. The molecule has 6 nitrogen and oxygen atoms in total. The molecule has 1 unspecified atom stereocenters. The number of methoxy groups -OCH3 is 1. The Balaban J connectivity index is 2.55. The quantitative estimate of drug-likeness (QED) is 0.686. The minimum absolute atomic E-state index is 0.151. The molecule has 110 valence electrons. The summed E-state index contributed by atoms with van der Waals surface area (Å²) in [6.45, 7) is 3.58. The molecule has 2 rings (SSSR count). The van der Waals surface area contributed by atoms with E-state index in [9.17, 15) is 9.59 Å². The number of carbonyl (C=O) groups excluding carboxylic acids is 2. The maximum Gasteiger partial charge on any atom is 0.330 e. The molecule has 0 saturated carbocycles. The Bertz CT molecular complexity index is 674. The van der Waals surface area contributed by atoms with Gasteiger partial charge in [0.1, 0.15) is 17.6 Å². The minimum atomic E-state index is -0.701. The van der Waals surface area contributed by atoms with Crippen molar-refractivity contribution in [2.75, 3.05) is 12.8 Å². The number of ether oxygens (including phenoxy) is 1. The minimum Gasteiger partial charge on any atom is -0.467 e. The summed E-state index contributed by atoms with van der Waals surface area (Å²) in [5.41, 5.74) is 8.53. The second-order valence-corrected chi connectivity index (χ2v) is 4.78. The lowest BCUT2D eigenvalue weighted by atomic mass is 10.1. The van der Waals surface area contributed by atoms with Crippen LogP contribution in [0.5, 0.6) is 0 Å². The van der Waals surface area contributed by atoms with Crippen molar-refractivity contribution >= 4 is 18.1 Å². The first kappa shape index (κ1) is 14.8. The first-order valence-electron chi connectivity index (χ1n) is 6.47. The molecule has 0 saturated heterocycles. The highest BCUT2D eigenvalue weighted by Crippen LogP contribution is 2.28. The predicted molar refractivity (Wildman–Crippen MR) is 78.9 cm³/mol. The molecule has 1 heterocycles. The number of esters is 1. The molecule has 0 aliphatic rings. The monoisotopic (exact) mass is 287 g/mol. The fraction of sp³-hybridized carbons (Fsp3) is 0.267. The van der Waals surface area contributed by atoms with E-state index in [2.05, 4.69) is 9.84 Å². The van der Waals surface area contributed by atoms with Gasteiger partial charge in [-0.15, -0.1) is 0 Å². The van der Waals surface area contributed by atoms with Crippen molar-refractivity contribution < 1.29 is 14.3 Å². The van der Waals surface area contributed by atoms with E-state index in [-0.39, 0.29) is 11.4 Å². The highest BCUT2D eigenvalue weighted by Gasteiger charge is 2.24. The number of carbonyl (C=O) groups is 2. The van der Waals surface area contributed by atoms with Gasteiger partial charge in [-0.25, -0.2) is 9.48 Å². The fourth-order valence-corrected chi connectivity index (χ4v) is 2.07. The molecule has 2 aromatic rings. The van der Waals surface area contributed by atoms with Crippen LogP contribution >= 0.6 is 0 Å². The standard InChI is InChI=1S/C15H17N3O3/c1-9-4-6-11(7-5-9)13-12(8-19)14(16)18(17-13)10(2)15(20)21-3/h4-8,10H,16H2,1-3H3. The van der Waals surface area contributed by atoms with E-state index < -0.39 is 12.0 Å². The van der Waals surface area contributed by atoms with Crippen LogP contribution in [0.3, 0.4) is 0 Å². The summed E-state index contributed by atoms with van der Waals surface area (Å²) in [7, 11) is 1.29. The van der Waals surface area contributed by atoms with Crippen LogP contribution in [0.15, 0.2) is 24.3 Å². The summed E-state index contributed by atoms with van der Waals surface area (Å²) in [4.78, 5) is 22.9. The third-order valence-corrected chi connectivity index (χ3v) is 3.34. The molecule has 1 aromatic carbocycles. The lowest BCUT2D eigenvalue weighted by Gasteiger charge is -2.10. The van der Waals surface area contributed by atoms with Crippen LogP contribution in [0.2, 0.25) is 0 Å². The molecule has 0 amide bonds. The van der Waals surface area contributed by atoms with Gasteiger partial charge in [0.2, 0.25) is 0 Å². The van der Waals surface area contributed by atoms with Gasteiger partial charge in [-0.05, 0) is 13.8 Å². The van der Waals surface area contributed by atoms with E-state index in [0.29, 0.717) is 12.0 Å². The number of aldehydes is 1. The summed E-state index contributed by atoms with van der Waals surface area (Å²) >= 11 is 0. The molecular formula is C15H17N3O3. The Morgan fingerprint density at radius 3 is 2.52 bits per heavy atom. The average Bonchev–Trinajstić information content (AvgIpc) is 2.83. The van der Waals surface area contributed by atoms with E-state index in [1.165, 1.54) is 11.8 Å². The van der Waals surface area contributed by atoms with Crippen molar-refractivity contribution in [3.63, 3.8) is 0 Å². The maximum atomic E-state index is 11.6. The Hall–Kier alpha value is -2.63. The normalized spacial score (nSPS) is 12.0. The summed E-state index contributed by atoms with van der Waals surface area (Å²) in [5, 5.41) is 4.31. The first-order chi connectivity index (χ1) is 9.99. The zero-order valence-corrected chi connectivity index (χ0v) is 12.2. The number of nitrogens with two attached hydrogens (primary N) is 1. The van der Waals surface area contributed by atoms with Gasteiger partial charge in [-0.2, -0.15) is 5.10 Å². The summed E-state index contributed by atoms with van der Waals surface area (Å²) in [6, 6.07) is 6.85. The van der Waals surface area contributed by atoms with E-state index in [4.69, 9.17) is 5.73 Å². The molecule has 0 aliphatic heterocycles. The van der Waals surface area contributed by atoms with Crippen LogP contribution in [0, 0.1) is 6.92 Å². The molecule has 0 spiro atoms. The largest absolute Gasteiger partial charge is 0.467 e. The first-order valence-corrected chi connectivity index (χ1v) is 6.47. The van der Waals surface area contributed by atoms with Crippen molar-refractivity contribution in [2.24, 2.45) is 0 Å². The lowest BCUT2D eigenvalue weighted by molar-refractivity contribution is -0.144. The number of aryl methyl sites for hydroxylation is 1. The number of rotatable bonds is 4. The number of nitrogens with zero attached hydrogens (tertiary/aromatic N) is 2. The maximum absolute atomic E-state index is 11.6. The van der Waals surface area contributed by atoms with Crippen LogP contribution < -0.4 is 5.73 Å². The fourth-order valence-electron chi connectivity index (χ4n) is 2.07. The second kappa shape index (κ2) is 5.78. The van der Waals surface area contributed by atoms with Gasteiger partial charge in [-0.1, -0.05) is 29.8 Å². The van der Waals surface area contributed by atoms with Gasteiger partial charge in [0.05, 0.1) is 12.7 Å². The lowest BCUT2D eigenvalue weighted by Crippen LogP contribution is -2.20. The predicted octanol–water partition coefficient (Wildman–Crippen LogP) is 1.99. The SMILES string of the molecule is COC(=O)C(C)n1nc(-c2ccc(C)cc2)c(C=O)c1N. The number of hydrogen-bond acceptors (Lipinski definition) is 5. The third kappa shape index (κ3) is 2.65. The summed E-state index contributed by atoms with van der Waals surface area (Å²) in [5.74, 6) is -0.324. The Morgan fingerprint density at radius 2 is 2.00 bits per heavy atom. The number of anilines is 1. The van der Waals surface area contributed by atoms with Crippen molar-refractivity contribution in [2.45, 2.75) is 19.9 Å². The van der Waals surface area contributed by atoms with Crippen LogP contribution in [0.1, 0.15) is 28.9 Å². The Morgan fingerprint density at radius 1 is 1.38 bits per heavy atom. The number of nitrogen functional groups attached to an aromatic ring is 1. The van der Waals surface area contributed by atoms with E-state index >= 15 is 0 Å². The highest BCUT2D eigenvalue weighted by atomic mass is 16.5. The molecule has 0 fully saturated rings. The van der Waals surface area contributed by atoms with Gasteiger partial charge in [0, 0.05) is 5.56 Å². The molecule has 21 heavy (non-hydrogen) atoms. The highest BCUT2D eigenvalue weighted by molar-refractivity contribution is 5.92. The molecule has 0 bridgehead atoms. The van der Waals surface area contributed by atoms with E-state index in [1.807, 2.05) is 31.2 Å². The van der Waals surface area contributed by atoms with Gasteiger partial charge < -0.3 is 10.5 Å². The number of aromatic nitrogens is 2. The summed E-state index contributed by atoms with van der Waals surface area (Å²) < 4.78 is 5.99. The topological polar surface area (TPSA) is 87.2 Å². The molecule has 1 atom stereocenters. The average molecular weight is 287 g/mol. The van der Waals surface area contributed by atoms with Crippen LogP contribution in [-0.2, 0) is 9.53 Å². The molecule has 0 aliphatic carbocycles. The van der Waals surface area contributed by atoms with E-state index in [1.54, 1.807) is 6.92 Å². The Labute approximate surface area is 122 Å². The third-order valence-electron chi connectivity index (χ3n) is 3.34. The number of hydrogen-bond donors (Lipinski definition) is 1. The molecule has 6 heteroatoms. The molecular weight excluding hydrogens is 270 g/mol. The molecule has 1 aromatic heterocycles. The second-order valence-electron chi connectivity index (χ2n) is 4.78. The van der Waals surface area contributed by atoms with Crippen molar-refractivity contribution in [3.8, 4) is 11.3 Å². The van der Waals surface area contributed by atoms with Gasteiger partial charge in [-0.3, -0.25) is 4.79 Å². The smallest absolute Gasteiger partial charge is 0.330 e. The van der Waals surface area contributed by atoms with Crippen molar-refractivity contribution in [1.29, 1.82) is 0 Å².